The van der Waals surface area contributed by atoms with Crippen LogP contribution >= 0.6 is 22.6 Å². The van der Waals surface area contributed by atoms with Crippen molar-refractivity contribution >= 4 is 45.8 Å². The van der Waals surface area contributed by atoms with Gasteiger partial charge in [-0.25, -0.2) is 4.39 Å². The summed E-state index contributed by atoms with van der Waals surface area (Å²) >= 11 is 2.29. The lowest BCUT2D eigenvalue weighted by Crippen LogP contribution is -2.42. The van der Waals surface area contributed by atoms with Gasteiger partial charge >= 0.3 is 0 Å². The minimum atomic E-state index is -0.248. The zero-order valence-corrected chi connectivity index (χ0v) is 17.3. The fraction of sp³-hybridized carbons (Fsp3) is 0.286. The second-order valence-corrected chi connectivity index (χ2v) is 8.28. The molecule has 1 aliphatic heterocycles. The van der Waals surface area contributed by atoms with Gasteiger partial charge in [-0.3, -0.25) is 4.99 Å². The summed E-state index contributed by atoms with van der Waals surface area (Å²) < 4.78 is 15.8. The molecular formula is C21H22FIN2. The van der Waals surface area contributed by atoms with E-state index in [4.69, 9.17) is 0 Å². The van der Waals surface area contributed by atoms with Crippen molar-refractivity contribution in [1.82, 2.24) is 0 Å². The van der Waals surface area contributed by atoms with Gasteiger partial charge in [-0.1, -0.05) is 6.08 Å². The Kier molecular flexibility index (Phi) is 4.75. The smallest absolute Gasteiger partial charge is 0.134 e. The number of hydrogen-bond donors (Lipinski definition) is 0. The summed E-state index contributed by atoms with van der Waals surface area (Å²) in [5.41, 5.74) is 5.53. The fourth-order valence-electron chi connectivity index (χ4n) is 3.14. The molecule has 0 saturated heterocycles. The highest BCUT2D eigenvalue weighted by molar-refractivity contribution is 14.1. The van der Waals surface area contributed by atoms with E-state index in [0.29, 0.717) is 5.56 Å². The van der Waals surface area contributed by atoms with Gasteiger partial charge in [0.1, 0.15) is 5.82 Å². The van der Waals surface area contributed by atoms with E-state index < -0.39 is 0 Å². The molecule has 25 heavy (non-hydrogen) atoms. The number of likely N-dealkylation sites (N-methyl/N-ethyl adjacent to an activating group) is 1. The van der Waals surface area contributed by atoms with Gasteiger partial charge in [0.2, 0.25) is 0 Å². The van der Waals surface area contributed by atoms with E-state index in [1.54, 1.807) is 12.3 Å². The molecule has 0 aliphatic carbocycles. The molecule has 0 fully saturated rings. The number of benzene rings is 2. The average molecular weight is 448 g/mol. The Hall–Kier alpha value is -1.69. The van der Waals surface area contributed by atoms with Crippen LogP contribution in [-0.4, -0.2) is 18.8 Å². The predicted octanol–water partition coefficient (Wildman–Crippen LogP) is 6.12. The first-order valence-corrected chi connectivity index (χ1v) is 9.34. The zero-order valence-electron chi connectivity index (χ0n) is 15.2. The van der Waals surface area contributed by atoms with Crippen LogP contribution in [0, 0.1) is 16.3 Å². The van der Waals surface area contributed by atoms with Crippen LogP contribution in [-0.2, 0) is 0 Å². The topological polar surface area (TPSA) is 15.6 Å². The van der Waals surface area contributed by atoms with Crippen molar-refractivity contribution in [2.24, 2.45) is 4.99 Å². The number of fused-ring (bicyclic) bond motifs is 1. The standard InChI is InChI=1S/C21H22FIN2/c1-13-8-16(6-7-19(13)23)24-12-15-9-17-14(2)11-21(3,4)25(5)20(17)10-18(15)22/h6-12H,1-5H3. The van der Waals surface area contributed by atoms with E-state index >= 15 is 0 Å². The van der Waals surface area contributed by atoms with Gasteiger partial charge in [-0.15, -0.1) is 0 Å². The number of hydrogen-bond acceptors (Lipinski definition) is 2. The van der Waals surface area contributed by atoms with E-state index in [1.807, 2.05) is 38.2 Å². The molecule has 0 atom stereocenters. The number of aliphatic imine (C=N–C) groups is 1. The molecule has 2 aromatic rings. The molecule has 2 aromatic carbocycles. The molecule has 0 aromatic heterocycles. The van der Waals surface area contributed by atoms with Gasteiger partial charge in [0.05, 0.1) is 11.2 Å². The van der Waals surface area contributed by atoms with E-state index in [0.717, 1.165) is 22.5 Å². The Labute approximate surface area is 162 Å². The second-order valence-electron chi connectivity index (χ2n) is 7.12. The molecule has 3 rings (SSSR count). The molecule has 2 nitrogen and oxygen atoms in total. The number of nitrogens with zero attached hydrogens (tertiary/aromatic N) is 2. The van der Waals surface area contributed by atoms with Gasteiger partial charge in [0.25, 0.3) is 0 Å². The third-order valence-electron chi connectivity index (χ3n) is 4.83. The normalized spacial score (nSPS) is 16.1. The molecule has 0 saturated carbocycles. The highest BCUT2D eigenvalue weighted by atomic mass is 127. The molecule has 0 bridgehead atoms. The van der Waals surface area contributed by atoms with Crippen molar-refractivity contribution in [1.29, 1.82) is 0 Å². The summed E-state index contributed by atoms with van der Waals surface area (Å²) in [6.45, 7) is 8.39. The Morgan fingerprint density at radius 3 is 2.56 bits per heavy atom. The molecule has 130 valence electrons. The summed E-state index contributed by atoms with van der Waals surface area (Å²) in [6.07, 6.45) is 3.83. The summed E-state index contributed by atoms with van der Waals surface area (Å²) in [4.78, 5) is 6.57. The molecule has 4 heteroatoms. The number of allylic oxidation sites excluding steroid dienone is 1. The lowest BCUT2D eigenvalue weighted by atomic mass is 9.88. The third-order valence-corrected chi connectivity index (χ3v) is 6.04. The zero-order chi connectivity index (χ0) is 18.4. The monoisotopic (exact) mass is 448 g/mol. The van der Waals surface area contributed by atoms with Gasteiger partial charge in [-0.05, 0) is 91.8 Å². The lowest BCUT2D eigenvalue weighted by molar-refractivity contribution is 0.589. The molecule has 0 unspecified atom stereocenters. The Bertz CT molecular complexity index is 897. The maximum absolute atomic E-state index is 14.6. The quantitative estimate of drug-likeness (QED) is 0.399. The Balaban J connectivity index is 2.01. The first-order chi connectivity index (χ1) is 11.7. The van der Waals surface area contributed by atoms with E-state index in [1.165, 1.54) is 9.13 Å². The Morgan fingerprint density at radius 2 is 1.88 bits per heavy atom. The first-order valence-electron chi connectivity index (χ1n) is 8.26. The summed E-state index contributed by atoms with van der Waals surface area (Å²) in [5, 5.41) is 0. The van der Waals surface area contributed by atoms with Crippen LogP contribution < -0.4 is 4.90 Å². The Morgan fingerprint density at radius 1 is 1.16 bits per heavy atom. The summed E-state index contributed by atoms with van der Waals surface area (Å²) in [6, 6.07) is 9.49. The van der Waals surface area contributed by atoms with E-state index in [2.05, 4.69) is 59.3 Å². The minimum absolute atomic E-state index is 0.127. The van der Waals surface area contributed by atoms with Crippen LogP contribution in [0.15, 0.2) is 41.4 Å². The van der Waals surface area contributed by atoms with Crippen molar-refractivity contribution in [2.45, 2.75) is 33.2 Å². The van der Waals surface area contributed by atoms with Gasteiger partial charge in [0.15, 0.2) is 0 Å². The van der Waals surface area contributed by atoms with E-state index in [9.17, 15) is 4.39 Å². The van der Waals surface area contributed by atoms with E-state index in [-0.39, 0.29) is 11.4 Å². The summed E-state index contributed by atoms with van der Waals surface area (Å²) in [7, 11) is 2.00. The summed E-state index contributed by atoms with van der Waals surface area (Å²) in [5.74, 6) is -0.248. The largest absolute Gasteiger partial charge is 0.365 e. The molecule has 0 amide bonds. The lowest BCUT2D eigenvalue weighted by Gasteiger charge is -2.40. The molecule has 1 aliphatic rings. The predicted molar refractivity (Wildman–Crippen MR) is 114 cm³/mol. The fourth-order valence-corrected chi connectivity index (χ4v) is 3.48. The maximum atomic E-state index is 14.6. The van der Waals surface area contributed by atoms with Crippen molar-refractivity contribution < 1.29 is 4.39 Å². The van der Waals surface area contributed by atoms with Crippen LogP contribution in [0.1, 0.15) is 37.5 Å². The second kappa shape index (κ2) is 6.56. The third kappa shape index (κ3) is 3.50. The highest BCUT2D eigenvalue weighted by Crippen LogP contribution is 2.38. The highest BCUT2D eigenvalue weighted by Gasteiger charge is 2.29. The molecular weight excluding hydrogens is 426 g/mol. The number of anilines is 1. The molecule has 0 spiro atoms. The average Bonchev–Trinajstić information content (AvgIpc) is 2.54. The number of aryl methyl sites for hydroxylation is 1. The number of halogens is 2. The SMILES string of the molecule is CC1=CC(C)(C)N(C)c2cc(F)c(C=Nc3ccc(I)c(C)c3)cc21. The van der Waals surface area contributed by atoms with Crippen molar-refractivity contribution in [3.8, 4) is 0 Å². The number of rotatable bonds is 2. The molecule has 0 N–H and O–H groups in total. The van der Waals surface area contributed by atoms with Crippen LogP contribution in [0.3, 0.4) is 0 Å². The van der Waals surface area contributed by atoms with Crippen molar-refractivity contribution in [3.63, 3.8) is 0 Å². The van der Waals surface area contributed by atoms with Crippen LogP contribution in [0.4, 0.5) is 15.8 Å². The molecule has 0 radical (unpaired) electrons. The van der Waals surface area contributed by atoms with Crippen LogP contribution in [0.25, 0.3) is 5.57 Å². The van der Waals surface area contributed by atoms with Crippen molar-refractivity contribution in [2.75, 3.05) is 11.9 Å². The van der Waals surface area contributed by atoms with Gasteiger partial charge in [-0.2, -0.15) is 0 Å². The maximum Gasteiger partial charge on any atom is 0.134 e. The van der Waals surface area contributed by atoms with Crippen LogP contribution in [0.2, 0.25) is 0 Å². The molecule has 1 heterocycles. The van der Waals surface area contributed by atoms with Crippen molar-refractivity contribution in [3.05, 3.63) is 62.5 Å². The first kappa shape index (κ1) is 18.1. The van der Waals surface area contributed by atoms with Gasteiger partial charge in [0, 0.05) is 33.6 Å². The van der Waals surface area contributed by atoms with Gasteiger partial charge < -0.3 is 4.90 Å². The van der Waals surface area contributed by atoms with Crippen LogP contribution in [0.5, 0.6) is 0 Å². The minimum Gasteiger partial charge on any atom is -0.365 e.